The highest BCUT2D eigenvalue weighted by atomic mass is 14.5. The molecule has 10 rings (SSSR count). The Hall–Kier alpha value is -5.72. The lowest BCUT2D eigenvalue weighted by molar-refractivity contribution is 0.794. The molecule has 0 aliphatic heterocycles. The molecule has 45 heavy (non-hydrogen) atoms. The van der Waals surface area contributed by atoms with E-state index >= 15 is 0 Å². The third-order valence-corrected chi connectivity index (χ3v) is 10.3. The van der Waals surface area contributed by atoms with Crippen LogP contribution in [0.5, 0.6) is 0 Å². The van der Waals surface area contributed by atoms with Crippen molar-refractivity contribution in [2.75, 3.05) is 0 Å². The molecule has 2 aliphatic carbocycles. The molecular weight excluding hydrogens is 540 g/mol. The minimum atomic E-state index is -0.319. The number of hydrogen-bond acceptors (Lipinski definition) is 0. The van der Waals surface area contributed by atoms with Crippen molar-refractivity contribution >= 4 is 21.5 Å². The van der Waals surface area contributed by atoms with E-state index in [9.17, 15) is 0 Å². The van der Waals surface area contributed by atoms with Crippen LogP contribution in [-0.4, -0.2) is 0 Å². The molecule has 0 radical (unpaired) electrons. The zero-order chi connectivity index (χ0) is 29.5. The van der Waals surface area contributed by atoms with Gasteiger partial charge in [-0.25, -0.2) is 0 Å². The Morgan fingerprint density at radius 3 is 1.13 bits per heavy atom. The van der Waals surface area contributed by atoms with Gasteiger partial charge in [0.05, 0.1) is 5.41 Å². The Labute approximate surface area is 262 Å². The molecule has 0 N–H and O–H groups in total. The van der Waals surface area contributed by atoms with Crippen molar-refractivity contribution in [3.05, 3.63) is 192 Å². The van der Waals surface area contributed by atoms with Gasteiger partial charge in [-0.2, -0.15) is 0 Å². The maximum atomic E-state index is 2.47. The number of rotatable bonds is 2. The van der Waals surface area contributed by atoms with Crippen LogP contribution in [0, 0.1) is 0 Å². The average molecular weight is 569 g/mol. The number of benzene rings is 8. The Morgan fingerprint density at radius 1 is 0.244 bits per heavy atom. The topological polar surface area (TPSA) is 0 Å². The summed E-state index contributed by atoms with van der Waals surface area (Å²) in [5, 5.41) is 5.06. The van der Waals surface area contributed by atoms with Gasteiger partial charge in [0.2, 0.25) is 0 Å². The molecule has 0 bridgehead atoms. The lowest BCUT2D eigenvalue weighted by Gasteiger charge is -2.30. The second-order valence-electron chi connectivity index (χ2n) is 12.5. The molecule has 0 aromatic heterocycles. The quantitative estimate of drug-likeness (QED) is 0.195. The zero-order valence-electron chi connectivity index (χ0n) is 24.7. The largest absolute Gasteiger partial charge is 0.0725 e. The Kier molecular flexibility index (Phi) is 5.02. The standard InChI is InChI=1S/C45H28/c1-2-10-30-25-31(18-17-29(30)9-1)32-19-20-34-27-35(22-21-33(34)26-32)36-23-24-40-39-13-5-8-16-43(39)45(44(40)28-36)41-14-6-3-11-37(41)38-12-4-7-15-42(38)45/h1-28H. The summed E-state index contributed by atoms with van der Waals surface area (Å²) in [4.78, 5) is 0. The predicted molar refractivity (Wildman–Crippen MR) is 189 cm³/mol. The third kappa shape index (κ3) is 3.37. The molecular formula is C45H28. The molecule has 8 aromatic carbocycles. The number of fused-ring (bicyclic) bond motifs is 12. The van der Waals surface area contributed by atoms with E-state index in [1.807, 2.05) is 0 Å². The molecule has 208 valence electrons. The van der Waals surface area contributed by atoms with Gasteiger partial charge in [0.1, 0.15) is 0 Å². The van der Waals surface area contributed by atoms with Crippen LogP contribution < -0.4 is 0 Å². The Balaban J connectivity index is 1.13. The van der Waals surface area contributed by atoms with Crippen molar-refractivity contribution in [3.63, 3.8) is 0 Å². The van der Waals surface area contributed by atoms with Gasteiger partial charge < -0.3 is 0 Å². The SMILES string of the molecule is c1ccc2c(c1)-c1ccccc1C21c2ccccc2-c2ccc(-c3ccc4cc(-c5ccc6ccccc6c5)ccc4c3)cc21. The van der Waals surface area contributed by atoms with Gasteiger partial charge in [-0.15, -0.1) is 0 Å². The second-order valence-corrected chi connectivity index (χ2v) is 12.5. The van der Waals surface area contributed by atoms with E-state index in [4.69, 9.17) is 0 Å². The summed E-state index contributed by atoms with van der Waals surface area (Å²) in [5.41, 5.74) is 15.6. The van der Waals surface area contributed by atoms with Gasteiger partial charge >= 0.3 is 0 Å². The first kappa shape index (κ1) is 24.7. The van der Waals surface area contributed by atoms with Gasteiger partial charge in [0, 0.05) is 0 Å². The number of hydrogen-bond donors (Lipinski definition) is 0. The summed E-state index contributed by atoms with van der Waals surface area (Å²) < 4.78 is 0. The van der Waals surface area contributed by atoms with Crippen molar-refractivity contribution in [2.45, 2.75) is 5.41 Å². The first-order valence-electron chi connectivity index (χ1n) is 15.8. The van der Waals surface area contributed by atoms with Gasteiger partial charge in [0.15, 0.2) is 0 Å². The molecule has 0 fully saturated rings. The summed E-state index contributed by atoms with van der Waals surface area (Å²) in [5.74, 6) is 0. The minimum absolute atomic E-state index is 0.319. The first-order chi connectivity index (χ1) is 22.3. The molecule has 0 nitrogen and oxygen atoms in total. The van der Waals surface area contributed by atoms with Crippen LogP contribution >= 0.6 is 0 Å². The molecule has 1 spiro atoms. The van der Waals surface area contributed by atoms with E-state index in [0.29, 0.717) is 0 Å². The van der Waals surface area contributed by atoms with Crippen LogP contribution in [0.2, 0.25) is 0 Å². The van der Waals surface area contributed by atoms with Crippen LogP contribution in [0.15, 0.2) is 170 Å². The Bertz CT molecular complexity index is 2430. The average Bonchev–Trinajstić information content (AvgIpc) is 3.58. The van der Waals surface area contributed by atoms with E-state index in [0.717, 1.165) is 0 Å². The lowest BCUT2D eigenvalue weighted by Crippen LogP contribution is -2.25. The molecule has 8 aromatic rings. The molecule has 0 atom stereocenters. The summed E-state index contributed by atoms with van der Waals surface area (Å²) in [6, 6.07) is 63.3. The maximum Gasteiger partial charge on any atom is 0.0725 e. The smallest absolute Gasteiger partial charge is 0.0619 e. The van der Waals surface area contributed by atoms with E-state index in [1.165, 1.54) is 88.3 Å². The zero-order valence-corrected chi connectivity index (χ0v) is 24.7. The molecule has 2 aliphatic rings. The van der Waals surface area contributed by atoms with Gasteiger partial charge in [-0.3, -0.25) is 0 Å². The van der Waals surface area contributed by atoms with E-state index in [1.54, 1.807) is 0 Å². The fourth-order valence-electron chi connectivity index (χ4n) is 8.25. The van der Waals surface area contributed by atoms with Gasteiger partial charge in [0.25, 0.3) is 0 Å². The van der Waals surface area contributed by atoms with Crippen molar-refractivity contribution in [1.82, 2.24) is 0 Å². The third-order valence-electron chi connectivity index (χ3n) is 10.3. The molecule has 0 heterocycles. The van der Waals surface area contributed by atoms with Crippen LogP contribution in [0.1, 0.15) is 22.3 Å². The summed E-state index contributed by atoms with van der Waals surface area (Å²) >= 11 is 0. The summed E-state index contributed by atoms with van der Waals surface area (Å²) in [6.45, 7) is 0. The fraction of sp³-hybridized carbons (Fsp3) is 0.0222. The van der Waals surface area contributed by atoms with E-state index in [-0.39, 0.29) is 5.41 Å². The van der Waals surface area contributed by atoms with Crippen molar-refractivity contribution in [2.24, 2.45) is 0 Å². The molecule has 0 unspecified atom stereocenters. The summed E-state index contributed by atoms with van der Waals surface area (Å²) in [7, 11) is 0. The van der Waals surface area contributed by atoms with Crippen LogP contribution in [0.3, 0.4) is 0 Å². The fourth-order valence-corrected chi connectivity index (χ4v) is 8.25. The van der Waals surface area contributed by atoms with Crippen LogP contribution in [0.25, 0.3) is 66.1 Å². The van der Waals surface area contributed by atoms with Crippen molar-refractivity contribution < 1.29 is 0 Å². The first-order valence-corrected chi connectivity index (χ1v) is 15.8. The molecule has 0 amide bonds. The van der Waals surface area contributed by atoms with E-state index < -0.39 is 0 Å². The highest BCUT2D eigenvalue weighted by Gasteiger charge is 2.51. The van der Waals surface area contributed by atoms with Gasteiger partial charge in [-0.05, 0) is 113 Å². The van der Waals surface area contributed by atoms with E-state index in [2.05, 4.69) is 170 Å². The summed E-state index contributed by atoms with van der Waals surface area (Å²) in [6.07, 6.45) is 0. The van der Waals surface area contributed by atoms with Crippen LogP contribution in [0.4, 0.5) is 0 Å². The second kappa shape index (κ2) is 9.14. The molecule has 0 saturated carbocycles. The minimum Gasteiger partial charge on any atom is -0.0619 e. The monoisotopic (exact) mass is 568 g/mol. The van der Waals surface area contributed by atoms with Crippen molar-refractivity contribution in [3.8, 4) is 44.5 Å². The van der Waals surface area contributed by atoms with Gasteiger partial charge in [-0.1, -0.05) is 146 Å². The molecule has 0 heteroatoms. The lowest BCUT2D eigenvalue weighted by atomic mass is 9.70. The normalized spacial score (nSPS) is 13.5. The maximum absolute atomic E-state index is 2.47. The Morgan fingerprint density at radius 2 is 0.600 bits per heavy atom. The van der Waals surface area contributed by atoms with Crippen molar-refractivity contribution in [1.29, 1.82) is 0 Å². The predicted octanol–water partition coefficient (Wildman–Crippen LogP) is 11.7. The van der Waals surface area contributed by atoms with Crippen LogP contribution in [-0.2, 0) is 5.41 Å². The molecule has 0 saturated heterocycles. The highest BCUT2D eigenvalue weighted by molar-refractivity contribution is 5.97. The highest BCUT2D eigenvalue weighted by Crippen LogP contribution is 2.63.